The molecule has 2 aromatic rings. The van der Waals surface area contributed by atoms with Crippen molar-refractivity contribution in [2.75, 3.05) is 6.54 Å². The van der Waals surface area contributed by atoms with Gasteiger partial charge in [-0.2, -0.15) is 0 Å². The van der Waals surface area contributed by atoms with Crippen LogP contribution in [0.1, 0.15) is 29.1 Å². The number of nitrogens with one attached hydrogen (secondary N) is 1. The van der Waals surface area contributed by atoms with Crippen LogP contribution in [0.5, 0.6) is 0 Å². The normalized spacial score (nSPS) is 12.6. The van der Waals surface area contributed by atoms with Crippen molar-refractivity contribution in [3.8, 4) is 0 Å². The molecule has 0 radical (unpaired) electrons. The molecule has 0 aliphatic rings. The highest BCUT2D eigenvalue weighted by atomic mass is 32.1. The van der Waals surface area contributed by atoms with Crippen molar-refractivity contribution in [3.05, 3.63) is 46.2 Å². The highest BCUT2D eigenvalue weighted by Crippen LogP contribution is 2.26. The molecule has 0 amide bonds. The Morgan fingerprint density at radius 1 is 1.35 bits per heavy atom. The Hall–Kier alpha value is -1.33. The molecule has 90 valence electrons. The van der Waals surface area contributed by atoms with Gasteiger partial charge in [0.25, 0.3) is 0 Å². The summed E-state index contributed by atoms with van der Waals surface area (Å²) in [4.78, 5) is 1.08. The minimum absolute atomic E-state index is 0.0422. The summed E-state index contributed by atoms with van der Waals surface area (Å²) in [6.07, 6.45) is 0. The lowest BCUT2D eigenvalue weighted by atomic mass is 10.0. The van der Waals surface area contributed by atoms with Crippen LogP contribution in [-0.4, -0.2) is 16.1 Å². The second kappa shape index (κ2) is 5.33. The number of aromatic nitrogens is 2. The molecule has 2 rings (SSSR count). The molecule has 1 heterocycles. The third kappa shape index (κ3) is 2.68. The van der Waals surface area contributed by atoms with E-state index in [1.807, 2.05) is 13.8 Å². The van der Waals surface area contributed by atoms with Gasteiger partial charge < -0.3 is 5.32 Å². The number of halogens is 1. The third-order valence-corrected chi connectivity index (χ3v) is 3.45. The number of benzene rings is 1. The fraction of sp³-hybridized carbons (Fsp3) is 0.333. The van der Waals surface area contributed by atoms with Crippen molar-refractivity contribution >= 4 is 11.5 Å². The van der Waals surface area contributed by atoms with Crippen LogP contribution in [0.2, 0.25) is 0 Å². The quantitative estimate of drug-likeness (QED) is 0.908. The highest BCUT2D eigenvalue weighted by Gasteiger charge is 2.18. The Morgan fingerprint density at radius 3 is 2.59 bits per heavy atom. The zero-order chi connectivity index (χ0) is 12.3. The van der Waals surface area contributed by atoms with Gasteiger partial charge in [-0.1, -0.05) is 23.5 Å². The van der Waals surface area contributed by atoms with Crippen molar-refractivity contribution in [2.24, 2.45) is 0 Å². The van der Waals surface area contributed by atoms with Gasteiger partial charge in [-0.3, -0.25) is 0 Å². The summed E-state index contributed by atoms with van der Waals surface area (Å²) in [6, 6.07) is 6.58. The maximum atomic E-state index is 12.9. The summed E-state index contributed by atoms with van der Waals surface area (Å²) in [5.41, 5.74) is 1.95. The van der Waals surface area contributed by atoms with E-state index in [-0.39, 0.29) is 11.9 Å². The molecule has 1 unspecified atom stereocenters. The number of rotatable bonds is 4. The molecular formula is C12H14FN3S. The van der Waals surface area contributed by atoms with E-state index in [9.17, 15) is 4.39 Å². The minimum Gasteiger partial charge on any atom is -0.306 e. The van der Waals surface area contributed by atoms with Gasteiger partial charge in [0.15, 0.2) is 0 Å². The van der Waals surface area contributed by atoms with Crippen molar-refractivity contribution < 1.29 is 4.39 Å². The van der Waals surface area contributed by atoms with E-state index in [1.54, 1.807) is 12.1 Å². The van der Waals surface area contributed by atoms with Crippen LogP contribution in [0.3, 0.4) is 0 Å². The first-order valence-electron chi connectivity index (χ1n) is 5.50. The van der Waals surface area contributed by atoms with Crippen LogP contribution in [0, 0.1) is 12.7 Å². The van der Waals surface area contributed by atoms with Crippen LogP contribution >= 0.6 is 11.5 Å². The SMILES string of the molecule is CCNC(c1ccc(F)cc1)c1snnc1C. The van der Waals surface area contributed by atoms with Crippen LogP contribution in [0.15, 0.2) is 24.3 Å². The largest absolute Gasteiger partial charge is 0.306 e. The summed E-state index contributed by atoms with van der Waals surface area (Å²) in [5.74, 6) is -0.219. The molecule has 1 aromatic heterocycles. The van der Waals surface area contributed by atoms with Gasteiger partial charge in [0.1, 0.15) is 5.82 Å². The molecule has 0 aliphatic heterocycles. The van der Waals surface area contributed by atoms with Crippen molar-refractivity contribution in [2.45, 2.75) is 19.9 Å². The molecule has 5 heteroatoms. The van der Waals surface area contributed by atoms with E-state index < -0.39 is 0 Å². The average Bonchev–Trinajstić information content (AvgIpc) is 2.74. The van der Waals surface area contributed by atoms with Gasteiger partial charge in [0, 0.05) is 0 Å². The second-order valence-corrected chi connectivity index (χ2v) is 4.55. The molecule has 0 aliphatic carbocycles. The number of aryl methyl sites for hydroxylation is 1. The fourth-order valence-corrected chi connectivity index (χ4v) is 2.47. The monoisotopic (exact) mass is 251 g/mol. The Balaban J connectivity index is 2.35. The molecule has 1 N–H and O–H groups in total. The van der Waals surface area contributed by atoms with Crippen LogP contribution in [0.25, 0.3) is 0 Å². The molecule has 1 atom stereocenters. The molecule has 0 spiro atoms. The lowest BCUT2D eigenvalue weighted by Gasteiger charge is -2.16. The smallest absolute Gasteiger partial charge is 0.123 e. The molecule has 0 saturated carbocycles. The van der Waals surface area contributed by atoms with E-state index in [0.717, 1.165) is 22.7 Å². The summed E-state index contributed by atoms with van der Waals surface area (Å²) in [5, 5.41) is 7.39. The summed E-state index contributed by atoms with van der Waals surface area (Å²) >= 11 is 1.38. The van der Waals surface area contributed by atoms with Gasteiger partial charge in [-0.15, -0.1) is 5.10 Å². The zero-order valence-electron chi connectivity index (χ0n) is 9.77. The zero-order valence-corrected chi connectivity index (χ0v) is 10.6. The van der Waals surface area contributed by atoms with E-state index in [0.29, 0.717) is 0 Å². The van der Waals surface area contributed by atoms with Crippen molar-refractivity contribution in [3.63, 3.8) is 0 Å². The molecule has 3 nitrogen and oxygen atoms in total. The van der Waals surface area contributed by atoms with Crippen LogP contribution in [-0.2, 0) is 0 Å². The predicted molar refractivity (Wildman–Crippen MR) is 66.6 cm³/mol. The van der Waals surface area contributed by atoms with Crippen molar-refractivity contribution in [1.29, 1.82) is 0 Å². The Kier molecular flexibility index (Phi) is 3.81. The summed E-state index contributed by atoms with van der Waals surface area (Å²) < 4.78 is 16.9. The van der Waals surface area contributed by atoms with E-state index in [2.05, 4.69) is 14.9 Å². The standard InChI is InChI=1S/C12H14FN3S/c1-3-14-11(12-8(2)15-16-17-12)9-4-6-10(13)7-5-9/h4-7,11,14H,3H2,1-2H3. The lowest BCUT2D eigenvalue weighted by Crippen LogP contribution is -2.21. The van der Waals surface area contributed by atoms with E-state index >= 15 is 0 Å². The molecule has 0 fully saturated rings. The molecule has 17 heavy (non-hydrogen) atoms. The second-order valence-electron chi connectivity index (χ2n) is 3.76. The lowest BCUT2D eigenvalue weighted by molar-refractivity contribution is 0.615. The molecular weight excluding hydrogens is 237 g/mol. The molecule has 0 saturated heterocycles. The van der Waals surface area contributed by atoms with Gasteiger partial charge in [0.05, 0.1) is 16.6 Å². The predicted octanol–water partition coefficient (Wildman–Crippen LogP) is 2.68. The number of nitrogens with zero attached hydrogens (tertiary/aromatic N) is 2. The van der Waals surface area contributed by atoms with Crippen LogP contribution < -0.4 is 5.32 Å². The fourth-order valence-electron chi connectivity index (χ4n) is 1.72. The topological polar surface area (TPSA) is 37.8 Å². The Labute approximate surface area is 104 Å². The number of hydrogen-bond donors (Lipinski definition) is 1. The van der Waals surface area contributed by atoms with Gasteiger partial charge in [-0.25, -0.2) is 4.39 Å². The van der Waals surface area contributed by atoms with E-state index in [1.165, 1.54) is 23.7 Å². The minimum atomic E-state index is -0.219. The summed E-state index contributed by atoms with van der Waals surface area (Å²) in [7, 11) is 0. The first-order chi connectivity index (χ1) is 8.22. The highest BCUT2D eigenvalue weighted by molar-refractivity contribution is 7.05. The van der Waals surface area contributed by atoms with Gasteiger partial charge in [-0.05, 0) is 42.7 Å². The number of hydrogen-bond acceptors (Lipinski definition) is 4. The Morgan fingerprint density at radius 2 is 2.06 bits per heavy atom. The Bertz CT molecular complexity index is 481. The van der Waals surface area contributed by atoms with Crippen molar-refractivity contribution in [1.82, 2.24) is 14.9 Å². The summed E-state index contributed by atoms with van der Waals surface area (Å²) in [6.45, 7) is 4.81. The first kappa shape index (κ1) is 12.1. The van der Waals surface area contributed by atoms with Crippen LogP contribution in [0.4, 0.5) is 4.39 Å². The van der Waals surface area contributed by atoms with Gasteiger partial charge >= 0.3 is 0 Å². The molecule has 1 aromatic carbocycles. The molecule has 0 bridgehead atoms. The third-order valence-electron chi connectivity index (χ3n) is 2.56. The average molecular weight is 251 g/mol. The maximum Gasteiger partial charge on any atom is 0.123 e. The first-order valence-corrected chi connectivity index (χ1v) is 6.27. The van der Waals surface area contributed by atoms with E-state index in [4.69, 9.17) is 0 Å². The van der Waals surface area contributed by atoms with Gasteiger partial charge in [0.2, 0.25) is 0 Å². The maximum absolute atomic E-state index is 12.9.